The molecule has 1 aromatic rings. The van der Waals surface area contributed by atoms with E-state index in [1.54, 1.807) is 0 Å². The van der Waals surface area contributed by atoms with Crippen LogP contribution in [0, 0.1) is 0 Å². The molecule has 1 heterocycles. The fraction of sp³-hybridized carbons (Fsp3) is 0.158. The van der Waals surface area contributed by atoms with Crippen molar-refractivity contribution >= 4 is 11.3 Å². The molecule has 20 heavy (non-hydrogen) atoms. The lowest BCUT2D eigenvalue weighted by atomic mass is 10.0. The van der Waals surface area contributed by atoms with Crippen LogP contribution in [0.2, 0.25) is 0 Å². The predicted molar refractivity (Wildman–Crippen MR) is 87.7 cm³/mol. The summed E-state index contributed by atoms with van der Waals surface area (Å²) in [5.41, 5.74) is 8.61. The topological polar surface area (TPSA) is 12.4 Å². The van der Waals surface area contributed by atoms with Gasteiger partial charge in [0.2, 0.25) is 0 Å². The summed E-state index contributed by atoms with van der Waals surface area (Å²) in [7, 11) is 0. The van der Waals surface area contributed by atoms with Crippen molar-refractivity contribution in [3.05, 3.63) is 83.3 Å². The average Bonchev–Trinajstić information content (AvgIpc) is 2.67. The van der Waals surface area contributed by atoms with E-state index in [0.29, 0.717) is 0 Å². The Morgan fingerprint density at radius 1 is 1.15 bits per heavy atom. The molecule has 1 aliphatic rings. The zero-order chi connectivity index (χ0) is 14.4. The van der Waals surface area contributed by atoms with Crippen LogP contribution in [0.15, 0.2) is 82.7 Å². The third-order valence-electron chi connectivity index (χ3n) is 3.05. The van der Waals surface area contributed by atoms with E-state index in [-0.39, 0.29) is 0 Å². The summed E-state index contributed by atoms with van der Waals surface area (Å²) in [6, 6.07) is 10.3. The lowest BCUT2D eigenvalue weighted by molar-refractivity contribution is 1.32. The number of allylic oxidation sites excluding steroid dienone is 5. The minimum atomic E-state index is 0.964. The Bertz CT molecular complexity index is 661. The van der Waals surface area contributed by atoms with Gasteiger partial charge >= 0.3 is 0 Å². The van der Waals surface area contributed by atoms with Crippen LogP contribution in [0.25, 0.3) is 5.57 Å². The first kappa shape index (κ1) is 14.0. The molecular formula is C19H19N. The number of benzene rings is 1. The Kier molecular flexibility index (Phi) is 4.70. The molecule has 0 saturated heterocycles. The van der Waals surface area contributed by atoms with Crippen LogP contribution in [0.4, 0.5) is 0 Å². The third kappa shape index (κ3) is 3.34. The van der Waals surface area contributed by atoms with Crippen LogP contribution in [0.3, 0.4) is 0 Å². The lowest BCUT2D eigenvalue weighted by Gasteiger charge is -2.05. The normalized spacial score (nSPS) is 15.8. The lowest BCUT2D eigenvalue weighted by Crippen LogP contribution is -1.89. The molecule has 0 amide bonds. The van der Waals surface area contributed by atoms with Crippen molar-refractivity contribution in [2.45, 2.75) is 20.8 Å². The zero-order valence-corrected chi connectivity index (χ0v) is 12.2. The number of hydrogen-bond acceptors (Lipinski definition) is 1. The van der Waals surface area contributed by atoms with E-state index in [9.17, 15) is 0 Å². The van der Waals surface area contributed by atoms with E-state index >= 15 is 0 Å². The van der Waals surface area contributed by atoms with E-state index < -0.39 is 0 Å². The molecule has 0 unspecified atom stereocenters. The first-order valence-electron chi connectivity index (χ1n) is 6.83. The molecule has 0 spiro atoms. The molecular weight excluding hydrogens is 242 g/mol. The smallest absolute Gasteiger partial charge is 0.0714 e. The fourth-order valence-electron chi connectivity index (χ4n) is 2.06. The maximum Gasteiger partial charge on any atom is 0.0714 e. The Labute approximate surface area is 121 Å². The molecule has 0 N–H and O–H groups in total. The summed E-state index contributed by atoms with van der Waals surface area (Å²) in [5.74, 6) is 0. The van der Waals surface area contributed by atoms with Gasteiger partial charge in [-0.25, -0.2) is 0 Å². The van der Waals surface area contributed by atoms with E-state index in [1.165, 1.54) is 0 Å². The molecule has 0 radical (unpaired) electrons. The van der Waals surface area contributed by atoms with Crippen molar-refractivity contribution in [1.29, 1.82) is 0 Å². The first-order valence-corrected chi connectivity index (χ1v) is 6.83. The Morgan fingerprint density at radius 3 is 2.55 bits per heavy atom. The molecule has 0 aromatic heterocycles. The quantitative estimate of drug-likeness (QED) is 0.530. The number of aliphatic imine (C=N–C) groups is 1. The highest BCUT2D eigenvalue weighted by Gasteiger charge is 2.06. The van der Waals surface area contributed by atoms with E-state index in [0.717, 1.165) is 28.1 Å². The van der Waals surface area contributed by atoms with Gasteiger partial charge in [-0.3, -0.25) is 4.99 Å². The summed E-state index contributed by atoms with van der Waals surface area (Å²) in [4.78, 5) is 4.66. The van der Waals surface area contributed by atoms with Crippen LogP contribution >= 0.6 is 0 Å². The van der Waals surface area contributed by atoms with Gasteiger partial charge in [0.05, 0.1) is 5.70 Å². The van der Waals surface area contributed by atoms with Crippen molar-refractivity contribution < 1.29 is 0 Å². The van der Waals surface area contributed by atoms with Crippen molar-refractivity contribution in [3.63, 3.8) is 0 Å². The van der Waals surface area contributed by atoms with Gasteiger partial charge in [-0.15, -0.1) is 5.73 Å². The zero-order valence-electron chi connectivity index (χ0n) is 12.2. The summed E-state index contributed by atoms with van der Waals surface area (Å²) in [5, 5.41) is 0. The van der Waals surface area contributed by atoms with E-state index in [2.05, 4.69) is 41.1 Å². The summed E-state index contributed by atoms with van der Waals surface area (Å²) in [6.45, 7) is 6.05. The fourth-order valence-corrected chi connectivity index (χ4v) is 2.06. The van der Waals surface area contributed by atoms with Crippen LogP contribution < -0.4 is 0 Å². The maximum absolute atomic E-state index is 4.66. The Balaban J connectivity index is 2.52. The molecule has 1 nitrogen and oxygen atoms in total. The van der Waals surface area contributed by atoms with Gasteiger partial charge in [-0.2, -0.15) is 0 Å². The standard InChI is InChI=1S/C19H19N/c1-4-9-16(5-2)19-14-18(13-12-15(3)20-19)17-10-7-6-8-11-17/h4-12,14H,1-3H3/b9-4-,16-5+. The van der Waals surface area contributed by atoms with Crippen LogP contribution in [0.1, 0.15) is 26.3 Å². The van der Waals surface area contributed by atoms with Crippen molar-refractivity contribution in [1.82, 2.24) is 0 Å². The maximum atomic E-state index is 4.66. The highest BCUT2D eigenvalue weighted by molar-refractivity contribution is 5.96. The van der Waals surface area contributed by atoms with Crippen LogP contribution in [-0.2, 0) is 0 Å². The number of nitrogens with zero attached hydrogens (tertiary/aromatic N) is 1. The van der Waals surface area contributed by atoms with Crippen LogP contribution in [-0.4, -0.2) is 5.71 Å². The molecule has 100 valence electrons. The third-order valence-corrected chi connectivity index (χ3v) is 3.05. The second kappa shape index (κ2) is 6.70. The highest BCUT2D eigenvalue weighted by atomic mass is 14.8. The molecule has 0 bridgehead atoms. The Hall–Kier alpha value is -2.37. The number of rotatable bonds is 3. The van der Waals surface area contributed by atoms with Gasteiger partial charge in [0.15, 0.2) is 0 Å². The molecule has 0 atom stereocenters. The van der Waals surface area contributed by atoms with Gasteiger partial charge in [0.25, 0.3) is 0 Å². The minimum absolute atomic E-state index is 0.964. The van der Waals surface area contributed by atoms with Gasteiger partial charge in [-0.1, -0.05) is 48.6 Å². The second-order valence-corrected chi connectivity index (χ2v) is 4.60. The van der Waals surface area contributed by atoms with Crippen molar-refractivity contribution in [3.8, 4) is 0 Å². The summed E-state index contributed by atoms with van der Waals surface area (Å²) < 4.78 is 0. The number of hydrogen-bond donors (Lipinski definition) is 0. The average molecular weight is 261 g/mol. The summed E-state index contributed by atoms with van der Waals surface area (Å²) >= 11 is 0. The van der Waals surface area contributed by atoms with Gasteiger partial charge in [-0.05, 0) is 38.0 Å². The molecule has 2 rings (SSSR count). The molecule has 1 aromatic carbocycles. The molecule has 0 aliphatic carbocycles. The van der Waals surface area contributed by atoms with E-state index in [4.69, 9.17) is 0 Å². The second-order valence-electron chi connectivity index (χ2n) is 4.60. The SMILES string of the molecule is C/C=C\C(=C/C)C1=CC(c2ccccc2)=C=CC(C)=N1. The van der Waals surface area contributed by atoms with Crippen LogP contribution in [0.5, 0.6) is 0 Å². The van der Waals surface area contributed by atoms with Gasteiger partial charge < -0.3 is 0 Å². The first-order chi connectivity index (χ1) is 9.74. The van der Waals surface area contributed by atoms with Crippen molar-refractivity contribution in [2.24, 2.45) is 4.99 Å². The minimum Gasteiger partial charge on any atom is -0.252 e. The summed E-state index contributed by atoms with van der Waals surface area (Å²) in [6.07, 6.45) is 10.2. The monoisotopic (exact) mass is 261 g/mol. The Morgan fingerprint density at radius 2 is 1.90 bits per heavy atom. The molecule has 0 fully saturated rings. The molecule has 1 aliphatic heterocycles. The molecule has 1 heteroatoms. The van der Waals surface area contributed by atoms with E-state index in [1.807, 2.05) is 51.1 Å². The molecule has 0 saturated carbocycles. The van der Waals surface area contributed by atoms with Gasteiger partial charge in [0.1, 0.15) is 0 Å². The van der Waals surface area contributed by atoms with Crippen molar-refractivity contribution in [2.75, 3.05) is 0 Å². The van der Waals surface area contributed by atoms with Gasteiger partial charge in [0, 0.05) is 17.4 Å². The predicted octanol–water partition coefficient (Wildman–Crippen LogP) is 5.11. The highest BCUT2D eigenvalue weighted by Crippen LogP contribution is 2.23. The largest absolute Gasteiger partial charge is 0.252 e.